The Hall–Kier alpha value is -0.360. The molecule has 0 unspecified atom stereocenters. The monoisotopic (exact) mass is 371 g/mol. The second kappa shape index (κ2) is 5.37. The van der Waals surface area contributed by atoms with Gasteiger partial charge in [-0.25, -0.2) is 4.98 Å². The Kier molecular flexibility index (Phi) is 3.64. The van der Waals surface area contributed by atoms with Crippen LogP contribution in [0.15, 0.2) is 10.7 Å². The zero-order chi connectivity index (χ0) is 14.4. The quantitative estimate of drug-likeness (QED) is 0.822. The molecule has 4 rings (SSSR count). The number of aromatic nitrogens is 1. The Labute approximate surface area is 138 Å². The lowest BCUT2D eigenvalue weighted by molar-refractivity contribution is 0.0169. The summed E-state index contributed by atoms with van der Waals surface area (Å²) in [5, 5.41) is 4.31. The van der Waals surface area contributed by atoms with Gasteiger partial charge < -0.3 is 10.1 Å². The summed E-state index contributed by atoms with van der Waals surface area (Å²) in [7, 11) is 0. The van der Waals surface area contributed by atoms with Gasteiger partial charge in [0.2, 0.25) is 0 Å². The van der Waals surface area contributed by atoms with Crippen LogP contribution in [0.2, 0.25) is 5.02 Å². The van der Waals surface area contributed by atoms with Crippen LogP contribution in [0, 0.1) is 0 Å². The lowest BCUT2D eigenvalue weighted by atomic mass is 9.81. The Morgan fingerprint density at radius 3 is 3.05 bits per heavy atom. The summed E-state index contributed by atoms with van der Waals surface area (Å²) in [6, 6.07) is 0.650. The van der Waals surface area contributed by atoms with Crippen molar-refractivity contribution in [3.8, 4) is 0 Å². The van der Waals surface area contributed by atoms with Gasteiger partial charge in [-0.2, -0.15) is 0 Å². The van der Waals surface area contributed by atoms with E-state index < -0.39 is 0 Å². The number of morpholine rings is 1. The second-order valence-electron chi connectivity index (χ2n) is 6.32. The van der Waals surface area contributed by atoms with Gasteiger partial charge in [-0.15, -0.1) is 0 Å². The first-order valence-corrected chi connectivity index (χ1v) is 8.77. The predicted molar refractivity (Wildman–Crippen MR) is 87.1 cm³/mol. The molecule has 0 radical (unpaired) electrons. The van der Waals surface area contributed by atoms with Crippen LogP contribution in [0.25, 0.3) is 0 Å². The molecule has 1 saturated carbocycles. The Morgan fingerprint density at radius 2 is 2.24 bits per heavy atom. The number of anilines is 1. The molecule has 4 nitrogen and oxygen atoms in total. The summed E-state index contributed by atoms with van der Waals surface area (Å²) in [5.74, 6) is 0.978. The summed E-state index contributed by atoms with van der Waals surface area (Å²) >= 11 is 10.1. The van der Waals surface area contributed by atoms with Crippen LogP contribution in [0.5, 0.6) is 0 Å². The van der Waals surface area contributed by atoms with E-state index in [0.29, 0.717) is 6.04 Å². The van der Waals surface area contributed by atoms with Gasteiger partial charge >= 0.3 is 0 Å². The largest absolute Gasteiger partial charge is 0.379 e. The van der Waals surface area contributed by atoms with E-state index in [1.165, 1.54) is 24.8 Å². The molecule has 1 aromatic rings. The molecule has 21 heavy (non-hydrogen) atoms. The minimum absolute atomic E-state index is 0.159. The number of ether oxygens (including phenoxy) is 1. The average Bonchev–Trinajstić information content (AvgIpc) is 3.10. The van der Waals surface area contributed by atoms with Crippen molar-refractivity contribution in [2.45, 2.75) is 30.7 Å². The predicted octanol–water partition coefficient (Wildman–Crippen LogP) is 3.05. The van der Waals surface area contributed by atoms with Crippen molar-refractivity contribution < 1.29 is 4.74 Å². The molecule has 6 heteroatoms. The highest BCUT2D eigenvalue weighted by atomic mass is 79.9. The smallest absolute Gasteiger partial charge is 0.131 e. The maximum Gasteiger partial charge on any atom is 0.131 e. The fourth-order valence-corrected chi connectivity index (χ4v) is 4.80. The highest BCUT2D eigenvalue weighted by Gasteiger charge is 2.48. The fraction of sp³-hybridized carbons (Fsp3) is 0.667. The number of nitrogens with zero attached hydrogens (tertiary/aromatic N) is 2. The lowest BCUT2D eigenvalue weighted by Gasteiger charge is -2.33. The van der Waals surface area contributed by atoms with Gasteiger partial charge in [-0.1, -0.05) is 11.6 Å². The SMILES string of the molecule is Clc1c(Br)cnc2c1[C@]1(CC[C@H](N3CCOCC3)C1)CN2. The molecule has 2 atom stereocenters. The Morgan fingerprint density at radius 1 is 1.43 bits per heavy atom. The van der Waals surface area contributed by atoms with Gasteiger partial charge in [0.25, 0.3) is 0 Å². The van der Waals surface area contributed by atoms with Crippen molar-refractivity contribution in [1.82, 2.24) is 9.88 Å². The number of halogens is 2. The van der Waals surface area contributed by atoms with Gasteiger partial charge in [-0.05, 0) is 35.2 Å². The minimum Gasteiger partial charge on any atom is -0.379 e. The standard InChI is InChI=1S/C15H19BrClN3O/c16-11-8-18-14-12(13(11)17)15(9-19-14)2-1-10(7-15)20-3-5-21-6-4-20/h8,10H,1-7,9H2,(H,18,19)/t10-,15-/m0/s1. The highest BCUT2D eigenvalue weighted by Crippen LogP contribution is 2.52. The number of hydrogen-bond acceptors (Lipinski definition) is 4. The highest BCUT2D eigenvalue weighted by molar-refractivity contribution is 9.10. The third-order valence-corrected chi connectivity index (χ3v) is 6.46. The average molecular weight is 373 g/mol. The summed E-state index contributed by atoms with van der Waals surface area (Å²) < 4.78 is 6.38. The van der Waals surface area contributed by atoms with Crippen molar-refractivity contribution in [3.05, 3.63) is 21.3 Å². The molecule has 2 aliphatic heterocycles. The molecule has 114 valence electrons. The zero-order valence-corrected chi connectivity index (χ0v) is 14.2. The summed E-state index contributed by atoms with van der Waals surface area (Å²) in [5.41, 5.74) is 1.39. The van der Waals surface area contributed by atoms with E-state index in [0.717, 1.165) is 48.2 Å². The molecular weight excluding hydrogens is 354 g/mol. The van der Waals surface area contributed by atoms with Crippen LogP contribution in [0.4, 0.5) is 5.82 Å². The number of nitrogens with one attached hydrogen (secondary N) is 1. The molecule has 3 aliphatic rings. The third kappa shape index (κ3) is 2.29. The van der Waals surface area contributed by atoms with E-state index in [2.05, 4.69) is 31.1 Å². The van der Waals surface area contributed by atoms with Crippen molar-refractivity contribution in [1.29, 1.82) is 0 Å². The van der Waals surface area contributed by atoms with Crippen LogP contribution in [-0.2, 0) is 10.2 Å². The first-order valence-electron chi connectivity index (χ1n) is 7.60. The van der Waals surface area contributed by atoms with Gasteiger partial charge in [0.05, 0.1) is 22.7 Å². The summed E-state index contributed by atoms with van der Waals surface area (Å²) in [6.07, 6.45) is 5.39. The van der Waals surface area contributed by atoms with E-state index in [9.17, 15) is 0 Å². The topological polar surface area (TPSA) is 37.4 Å². The Balaban J connectivity index is 1.62. The van der Waals surface area contributed by atoms with Gasteiger partial charge in [0, 0.05) is 42.9 Å². The summed E-state index contributed by atoms with van der Waals surface area (Å²) in [6.45, 7) is 4.82. The van der Waals surface area contributed by atoms with Crippen LogP contribution in [0.3, 0.4) is 0 Å². The molecule has 1 aliphatic carbocycles. The van der Waals surface area contributed by atoms with Crippen LogP contribution < -0.4 is 5.32 Å². The van der Waals surface area contributed by atoms with Crippen LogP contribution in [0.1, 0.15) is 24.8 Å². The Bertz CT molecular complexity index is 564. The molecule has 0 amide bonds. The van der Waals surface area contributed by atoms with Crippen molar-refractivity contribution in [3.63, 3.8) is 0 Å². The fourth-order valence-electron chi connectivity index (χ4n) is 4.17. The van der Waals surface area contributed by atoms with Crippen molar-refractivity contribution in [2.24, 2.45) is 0 Å². The van der Waals surface area contributed by atoms with Crippen molar-refractivity contribution in [2.75, 3.05) is 38.2 Å². The molecule has 2 fully saturated rings. The van der Waals surface area contributed by atoms with E-state index in [4.69, 9.17) is 16.3 Å². The van der Waals surface area contributed by atoms with Gasteiger partial charge in [0.15, 0.2) is 0 Å². The van der Waals surface area contributed by atoms with E-state index in [1.807, 2.05) is 0 Å². The normalized spacial score (nSPS) is 32.4. The first kappa shape index (κ1) is 14.2. The summed E-state index contributed by atoms with van der Waals surface area (Å²) in [4.78, 5) is 7.09. The van der Waals surface area contributed by atoms with Gasteiger partial charge in [0.1, 0.15) is 5.82 Å². The van der Waals surface area contributed by atoms with E-state index in [1.54, 1.807) is 6.20 Å². The number of hydrogen-bond donors (Lipinski definition) is 1. The maximum absolute atomic E-state index is 6.58. The maximum atomic E-state index is 6.58. The lowest BCUT2D eigenvalue weighted by Crippen LogP contribution is -2.43. The molecule has 0 aromatic carbocycles. The van der Waals surface area contributed by atoms with Gasteiger partial charge in [-0.3, -0.25) is 4.90 Å². The number of rotatable bonds is 1. The van der Waals surface area contributed by atoms with Crippen LogP contribution in [-0.4, -0.2) is 48.8 Å². The molecule has 3 heterocycles. The molecular formula is C15H19BrClN3O. The zero-order valence-electron chi connectivity index (χ0n) is 11.9. The molecule has 1 spiro atoms. The third-order valence-electron chi connectivity index (χ3n) is 5.24. The van der Waals surface area contributed by atoms with Crippen LogP contribution >= 0.6 is 27.5 Å². The second-order valence-corrected chi connectivity index (χ2v) is 7.55. The molecule has 1 N–H and O–H groups in total. The number of fused-ring (bicyclic) bond motifs is 2. The van der Waals surface area contributed by atoms with Crippen molar-refractivity contribution >= 4 is 33.3 Å². The molecule has 1 aromatic heterocycles. The molecule has 0 bridgehead atoms. The molecule has 1 saturated heterocycles. The van der Waals surface area contributed by atoms with E-state index >= 15 is 0 Å². The minimum atomic E-state index is 0.159. The first-order chi connectivity index (χ1) is 10.2. The van der Waals surface area contributed by atoms with E-state index in [-0.39, 0.29) is 5.41 Å². The number of pyridine rings is 1.